The molecule has 1 rings (SSSR count). The molecule has 0 unspecified atom stereocenters. The lowest BCUT2D eigenvalue weighted by Gasteiger charge is -2.27. The molecule has 0 atom stereocenters. The van der Waals surface area contributed by atoms with Crippen molar-refractivity contribution >= 4 is 23.0 Å². The second-order valence-corrected chi connectivity index (χ2v) is 4.70. The highest BCUT2D eigenvalue weighted by Crippen LogP contribution is 2.28. The van der Waals surface area contributed by atoms with Gasteiger partial charge in [-0.25, -0.2) is 4.39 Å². The third-order valence-corrected chi connectivity index (χ3v) is 2.36. The average molecular weight is 247 g/mol. The van der Waals surface area contributed by atoms with Crippen molar-refractivity contribution in [2.45, 2.75) is 19.4 Å². The van der Waals surface area contributed by atoms with Crippen molar-refractivity contribution in [1.29, 1.82) is 0 Å². The molecule has 0 saturated heterocycles. The van der Waals surface area contributed by atoms with Crippen molar-refractivity contribution in [2.24, 2.45) is 0 Å². The lowest BCUT2D eigenvalue weighted by molar-refractivity contribution is 0.158. The number of methoxy groups -OCH3 is 1. The fourth-order valence-electron chi connectivity index (χ4n) is 1.43. The largest absolute Gasteiger partial charge is 0.397 e. The number of nitrogens with one attached hydrogen (secondary N) is 1. The van der Waals surface area contributed by atoms with E-state index in [-0.39, 0.29) is 10.6 Å². The van der Waals surface area contributed by atoms with Crippen LogP contribution in [0.15, 0.2) is 12.1 Å². The number of hydrogen-bond acceptors (Lipinski definition) is 3. The Labute approximate surface area is 99.7 Å². The summed E-state index contributed by atoms with van der Waals surface area (Å²) in [5, 5.41) is 3.20. The molecule has 5 heteroatoms. The van der Waals surface area contributed by atoms with Crippen LogP contribution in [0.5, 0.6) is 0 Å². The monoisotopic (exact) mass is 246 g/mol. The lowest BCUT2D eigenvalue weighted by atomic mass is 10.1. The van der Waals surface area contributed by atoms with Crippen LogP contribution in [0.3, 0.4) is 0 Å². The molecule has 0 bridgehead atoms. The predicted molar refractivity (Wildman–Crippen MR) is 65.4 cm³/mol. The van der Waals surface area contributed by atoms with Crippen LogP contribution in [0.25, 0.3) is 0 Å². The van der Waals surface area contributed by atoms with E-state index in [4.69, 9.17) is 22.1 Å². The standard InChI is InChI=1S/C11H16ClFN2O/c1-11(2,6-16-3)15-10-4-7(12)8(13)5-9(10)14/h4-5,15H,6,14H2,1-3H3. The zero-order chi connectivity index (χ0) is 12.3. The van der Waals surface area contributed by atoms with Gasteiger partial charge in [0, 0.05) is 13.2 Å². The Hall–Kier alpha value is -1.00. The summed E-state index contributed by atoms with van der Waals surface area (Å²) in [6.07, 6.45) is 0. The quantitative estimate of drug-likeness (QED) is 0.803. The van der Waals surface area contributed by atoms with Crippen LogP contribution in [0, 0.1) is 5.82 Å². The first kappa shape index (κ1) is 13.1. The molecule has 0 aliphatic heterocycles. The van der Waals surface area contributed by atoms with E-state index in [9.17, 15) is 4.39 Å². The van der Waals surface area contributed by atoms with Crippen molar-refractivity contribution in [3.63, 3.8) is 0 Å². The molecule has 0 aromatic heterocycles. The second kappa shape index (κ2) is 4.89. The van der Waals surface area contributed by atoms with Gasteiger partial charge >= 0.3 is 0 Å². The highest BCUT2D eigenvalue weighted by Gasteiger charge is 2.19. The van der Waals surface area contributed by atoms with Gasteiger partial charge in [0.1, 0.15) is 5.82 Å². The van der Waals surface area contributed by atoms with E-state index >= 15 is 0 Å². The summed E-state index contributed by atoms with van der Waals surface area (Å²) in [6, 6.07) is 2.68. The van der Waals surface area contributed by atoms with Crippen LogP contribution >= 0.6 is 11.6 Å². The Morgan fingerprint density at radius 3 is 2.69 bits per heavy atom. The van der Waals surface area contributed by atoms with Crippen LogP contribution in [-0.4, -0.2) is 19.3 Å². The summed E-state index contributed by atoms with van der Waals surface area (Å²) in [7, 11) is 1.62. The molecule has 3 nitrogen and oxygen atoms in total. The van der Waals surface area contributed by atoms with Crippen molar-refractivity contribution in [3.05, 3.63) is 23.0 Å². The van der Waals surface area contributed by atoms with Crippen molar-refractivity contribution in [3.8, 4) is 0 Å². The smallest absolute Gasteiger partial charge is 0.143 e. The molecule has 0 fully saturated rings. The molecule has 0 aliphatic carbocycles. The summed E-state index contributed by atoms with van der Waals surface area (Å²) in [6.45, 7) is 4.40. The van der Waals surface area contributed by atoms with Gasteiger partial charge in [-0.1, -0.05) is 11.6 Å². The Morgan fingerprint density at radius 1 is 1.50 bits per heavy atom. The van der Waals surface area contributed by atoms with E-state index < -0.39 is 5.82 Å². The molecule has 1 aromatic carbocycles. The van der Waals surface area contributed by atoms with Gasteiger partial charge < -0.3 is 15.8 Å². The number of anilines is 2. The molecule has 0 aliphatic rings. The number of nitrogens with two attached hydrogens (primary N) is 1. The topological polar surface area (TPSA) is 47.3 Å². The van der Waals surface area contributed by atoms with Crippen LogP contribution in [-0.2, 0) is 4.74 Å². The normalized spacial score (nSPS) is 11.6. The van der Waals surface area contributed by atoms with Gasteiger partial charge in [0.15, 0.2) is 0 Å². The first-order valence-electron chi connectivity index (χ1n) is 4.87. The van der Waals surface area contributed by atoms with E-state index in [2.05, 4.69) is 5.32 Å². The SMILES string of the molecule is COCC(C)(C)Nc1cc(Cl)c(F)cc1N. The average Bonchev–Trinajstić information content (AvgIpc) is 2.13. The number of halogens is 2. The molecule has 0 saturated carbocycles. The first-order chi connectivity index (χ1) is 7.35. The third kappa shape index (κ3) is 3.25. The molecule has 3 N–H and O–H groups in total. The maximum atomic E-state index is 13.1. The maximum Gasteiger partial charge on any atom is 0.143 e. The second-order valence-electron chi connectivity index (χ2n) is 4.30. The van der Waals surface area contributed by atoms with Gasteiger partial charge in [-0.05, 0) is 19.9 Å². The van der Waals surface area contributed by atoms with Gasteiger partial charge in [0.05, 0.1) is 28.5 Å². The zero-order valence-electron chi connectivity index (χ0n) is 9.60. The number of nitrogen functional groups attached to an aromatic ring is 1. The summed E-state index contributed by atoms with van der Waals surface area (Å²) in [4.78, 5) is 0. The minimum absolute atomic E-state index is 0.0462. The molecule has 0 amide bonds. The maximum absolute atomic E-state index is 13.1. The number of benzene rings is 1. The van der Waals surface area contributed by atoms with Crippen molar-refractivity contribution in [2.75, 3.05) is 24.8 Å². The Morgan fingerprint density at radius 2 is 2.12 bits per heavy atom. The summed E-state index contributed by atoms with van der Waals surface area (Å²) in [5.41, 5.74) is 6.32. The molecule has 0 radical (unpaired) electrons. The van der Waals surface area contributed by atoms with Crippen LogP contribution in [0.4, 0.5) is 15.8 Å². The Bertz CT molecular complexity index is 382. The lowest BCUT2D eigenvalue weighted by Crippen LogP contribution is -2.36. The highest BCUT2D eigenvalue weighted by atomic mass is 35.5. The van der Waals surface area contributed by atoms with Crippen LogP contribution in [0.1, 0.15) is 13.8 Å². The molecule has 0 spiro atoms. The van der Waals surface area contributed by atoms with E-state index in [1.807, 2.05) is 13.8 Å². The molecular weight excluding hydrogens is 231 g/mol. The highest BCUT2D eigenvalue weighted by molar-refractivity contribution is 6.31. The fraction of sp³-hybridized carbons (Fsp3) is 0.455. The predicted octanol–water partition coefficient (Wildman–Crippen LogP) is 2.90. The number of ether oxygens (including phenoxy) is 1. The summed E-state index contributed by atoms with van der Waals surface area (Å²) in [5.74, 6) is -0.519. The molecule has 1 aromatic rings. The Balaban J connectivity index is 2.93. The van der Waals surface area contributed by atoms with E-state index in [1.165, 1.54) is 12.1 Å². The Kier molecular flexibility index (Phi) is 3.99. The first-order valence-corrected chi connectivity index (χ1v) is 5.25. The molecule has 0 heterocycles. The molecule has 90 valence electrons. The summed E-state index contributed by atoms with van der Waals surface area (Å²) >= 11 is 5.69. The molecular formula is C11H16ClFN2O. The van der Waals surface area contributed by atoms with Gasteiger partial charge in [-0.2, -0.15) is 0 Å². The van der Waals surface area contributed by atoms with Crippen LogP contribution in [0.2, 0.25) is 5.02 Å². The molecule has 16 heavy (non-hydrogen) atoms. The number of hydrogen-bond donors (Lipinski definition) is 2. The van der Waals surface area contributed by atoms with Gasteiger partial charge in [-0.15, -0.1) is 0 Å². The van der Waals surface area contributed by atoms with Crippen molar-refractivity contribution in [1.82, 2.24) is 0 Å². The zero-order valence-corrected chi connectivity index (χ0v) is 10.4. The fourth-order valence-corrected chi connectivity index (χ4v) is 1.60. The van der Waals surface area contributed by atoms with Crippen LogP contribution < -0.4 is 11.1 Å². The van der Waals surface area contributed by atoms with Gasteiger partial charge in [0.2, 0.25) is 0 Å². The van der Waals surface area contributed by atoms with E-state index in [0.717, 1.165) is 0 Å². The number of rotatable bonds is 4. The van der Waals surface area contributed by atoms with E-state index in [0.29, 0.717) is 18.0 Å². The van der Waals surface area contributed by atoms with Gasteiger partial charge in [0.25, 0.3) is 0 Å². The van der Waals surface area contributed by atoms with Gasteiger partial charge in [-0.3, -0.25) is 0 Å². The minimum atomic E-state index is -0.519. The van der Waals surface area contributed by atoms with E-state index in [1.54, 1.807) is 7.11 Å². The van der Waals surface area contributed by atoms with Crippen molar-refractivity contribution < 1.29 is 9.13 Å². The summed E-state index contributed by atoms with van der Waals surface area (Å²) < 4.78 is 18.1. The minimum Gasteiger partial charge on any atom is -0.397 e. The third-order valence-electron chi connectivity index (χ3n) is 2.07.